The highest BCUT2D eigenvalue weighted by atomic mass is 32.1. The van der Waals surface area contributed by atoms with E-state index in [-0.39, 0.29) is 0 Å². The molecule has 0 amide bonds. The maximum absolute atomic E-state index is 5.22. The van der Waals surface area contributed by atoms with Gasteiger partial charge in [0.15, 0.2) is 0 Å². The highest BCUT2D eigenvalue weighted by Crippen LogP contribution is 2.38. The SMILES string of the molecule is COc1ccc(Nc2ncnc3scc(-c4ccc(C)c(C)c4)c23)cc1. The zero-order chi connectivity index (χ0) is 18.1. The summed E-state index contributed by atoms with van der Waals surface area (Å²) in [4.78, 5) is 9.92. The van der Waals surface area contributed by atoms with E-state index in [1.807, 2.05) is 24.3 Å². The minimum Gasteiger partial charge on any atom is -0.497 e. The number of ether oxygens (including phenoxy) is 1. The molecule has 0 saturated carbocycles. The summed E-state index contributed by atoms with van der Waals surface area (Å²) >= 11 is 1.64. The number of nitrogens with one attached hydrogen (secondary N) is 1. The van der Waals surface area contributed by atoms with Gasteiger partial charge in [0.1, 0.15) is 22.7 Å². The number of aryl methyl sites for hydroxylation is 2. The average Bonchev–Trinajstić information content (AvgIpc) is 3.10. The van der Waals surface area contributed by atoms with Gasteiger partial charge in [-0.2, -0.15) is 0 Å². The molecule has 0 atom stereocenters. The normalized spacial score (nSPS) is 10.9. The van der Waals surface area contributed by atoms with E-state index in [1.54, 1.807) is 24.8 Å². The van der Waals surface area contributed by atoms with Crippen LogP contribution in [0.3, 0.4) is 0 Å². The Bertz CT molecular complexity index is 1070. The molecule has 0 unspecified atom stereocenters. The molecule has 0 fully saturated rings. The summed E-state index contributed by atoms with van der Waals surface area (Å²) in [6, 6.07) is 14.4. The number of fused-ring (bicyclic) bond motifs is 1. The van der Waals surface area contributed by atoms with Crippen molar-refractivity contribution >= 4 is 33.1 Å². The van der Waals surface area contributed by atoms with Crippen LogP contribution < -0.4 is 10.1 Å². The fourth-order valence-electron chi connectivity index (χ4n) is 2.90. The van der Waals surface area contributed by atoms with Crippen molar-refractivity contribution in [3.8, 4) is 16.9 Å². The van der Waals surface area contributed by atoms with E-state index in [2.05, 4.69) is 52.7 Å². The molecule has 0 radical (unpaired) electrons. The summed E-state index contributed by atoms with van der Waals surface area (Å²) in [5, 5.41) is 6.63. The fourth-order valence-corrected chi connectivity index (χ4v) is 3.82. The molecule has 2 aromatic heterocycles. The molecular weight excluding hydrogens is 342 g/mol. The third kappa shape index (κ3) is 3.02. The van der Waals surface area contributed by atoms with E-state index in [9.17, 15) is 0 Å². The number of anilines is 2. The van der Waals surface area contributed by atoms with Gasteiger partial charge in [0.05, 0.1) is 12.5 Å². The van der Waals surface area contributed by atoms with Gasteiger partial charge in [-0.15, -0.1) is 11.3 Å². The Morgan fingerprint density at radius 3 is 2.50 bits per heavy atom. The standard InChI is InChI=1S/C21H19N3OS/c1-13-4-5-15(10-14(13)2)18-11-26-21-19(18)20(22-12-23-21)24-16-6-8-17(25-3)9-7-16/h4-12H,1-3H3,(H,22,23,24). The van der Waals surface area contributed by atoms with E-state index in [4.69, 9.17) is 4.74 Å². The van der Waals surface area contributed by atoms with Crippen molar-refractivity contribution in [1.29, 1.82) is 0 Å². The van der Waals surface area contributed by atoms with Crippen molar-refractivity contribution in [3.63, 3.8) is 0 Å². The highest BCUT2D eigenvalue weighted by Gasteiger charge is 2.14. The molecule has 26 heavy (non-hydrogen) atoms. The van der Waals surface area contributed by atoms with Crippen LogP contribution in [0.1, 0.15) is 11.1 Å². The third-order valence-electron chi connectivity index (χ3n) is 4.54. The van der Waals surface area contributed by atoms with Crippen LogP contribution in [0.25, 0.3) is 21.3 Å². The number of rotatable bonds is 4. The van der Waals surface area contributed by atoms with Gasteiger partial charge in [-0.05, 0) is 54.8 Å². The second-order valence-corrected chi connectivity index (χ2v) is 7.06. The lowest BCUT2D eigenvalue weighted by Gasteiger charge is -2.10. The van der Waals surface area contributed by atoms with Crippen LogP contribution in [0.2, 0.25) is 0 Å². The molecule has 4 aromatic rings. The molecule has 1 N–H and O–H groups in total. The summed E-state index contributed by atoms with van der Waals surface area (Å²) < 4.78 is 5.22. The smallest absolute Gasteiger partial charge is 0.143 e. The number of hydrogen-bond acceptors (Lipinski definition) is 5. The molecule has 0 spiro atoms. The van der Waals surface area contributed by atoms with E-state index in [0.717, 1.165) is 33.0 Å². The largest absolute Gasteiger partial charge is 0.497 e. The number of methoxy groups -OCH3 is 1. The van der Waals surface area contributed by atoms with E-state index in [0.29, 0.717) is 0 Å². The van der Waals surface area contributed by atoms with Gasteiger partial charge >= 0.3 is 0 Å². The predicted octanol–water partition coefficient (Wildman–Crippen LogP) is 5.73. The van der Waals surface area contributed by atoms with Crippen molar-refractivity contribution < 1.29 is 4.74 Å². The van der Waals surface area contributed by atoms with Crippen LogP contribution in [-0.4, -0.2) is 17.1 Å². The summed E-state index contributed by atoms with van der Waals surface area (Å²) in [5.74, 6) is 1.64. The first kappa shape index (κ1) is 16.5. The van der Waals surface area contributed by atoms with E-state index < -0.39 is 0 Å². The fraction of sp³-hybridized carbons (Fsp3) is 0.143. The molecular formula is C21H19N3OS. The van der Waals surface area contributed by atoms with Gasteiger partial charge in [-0.25, -0.2) is 9.97 Å². The Labute approximate surface area is 156 Å². The van der Waals surface area contributed by atoms with Crippen molar-refractivity contribution in [2.24, 2.45) is 0 Å². The van der Waals surface area contributed by atoms with Crippen molar-refractivity contribution in [1.82, 2.24) is 9.97 Å². The van der Waals surface area contributed by atoms with E-state index >= 15 is 0 Å². The zero-order valence-electron chi connectivity index (χ0n) is 14.9. The number of nitrogens with zero attached hydrogens (tertiary/aromatic N) is 2. The van der Waals surface area contributed by atoms with Gasteiger partial charge in [0, 0.05) is 16.6 Å². The quantitative estimate of drug-likeness (QED) is 0.504. The molecule has 5 heteroatoms. The Kier molecular flexibility index (Phi) is 4.31. The molecule has 4 rings (SSSR count). The molecule has 0 aliphatic carbocycles. The van der Waals surface area contributed by atoms with Crippen LogP contribution in [-0.2, 0) is 0 Å². The monoisotopic (exact) mass is 361 g/mol. The lowest BCUT2D eigenvalue weighted by atomic mass is 10.0. The minimum atomic E-state index is 0.814. The topological polar surface area (TPSA) is 47.0 Å². The second-order valence-electron chi connectivity index (χ2n) is 6.20. The highest BCUT2D eigenvalue weighted by molar-refractivity contribution is 7.17. The van der Waals surface area contributed by atoms with Crippen LogP contribution in [0.15, 0.2) is 54.2 Å². The Morgan fingerprint density at radius 1 is 0.962 bits per heavy atom. The van der Waals surface area contributed by atoms with E-state index in [1.165, 1.54) is 16.7 Å². The van der Waals surface area contributed by atoms with Gasteiger partial charge in [0.2, 0.25) is 0 Å². The minimum absolute atomic E-state index is 0.814. The first-order chi connectivity index (χ1) is 12.7. The van der Waals surface area contributed by atoms with Gasteiger partial charge in [-0.1, -0.05) is 18.2 Å². The molecule has 2 aromatic carbocycles. The van der Waals surface area contributed by atoms with Crippen LogP contribution in [0.5, 0.6) is 5.75 Å². The molecule has 2 heterocycles. The number of aromatic nitrogens is 2. The van der Waals surface area contributed by atoms with Gasteiger partial charge < -0.3 is 10.1 Å². The summed E-state index contributed by atoms with van der Waals surface area (Å²) in [6.07, 6.45) is 1.61. The molecule has 0 bridgehead atoms. The Morgan fingerprint density at radius 2 is 1.77 bits per heavy atom. The van der Waals surface area contributed by atoms with Crippen LogP contribution >= 0.6 is 11.3 Å². The maximum Gasteiger partial charge on any atom is 0.143 e. The third-order valence-corrected chi connectivity index (χ3v) is 5.43. The summed E-state index contributed by atoms with van der Waals surface area (Å²) in [5.41, 5.74) is 5.88. The van der Waals surface area contributed by atoms with Crippen molar-refractivity contribution in [2.75, 3.05) is 12.4 Å². The summed E-state index contributed by atoms with van der Waals surface area (Å²) in [7, 11) is 1.66. The van der Waals surface area contributed by atoms with Crippen molar-refractivity contribution in [3.05, 3.63) is 65.3 Å². The first-order valence-corrected chi connectivity index (χ1v) is 9.24. The lowest BCUT2D eigenvalue weighted by molar-refractivity contribution is 0.415. The number of benzene rings is 2. The van der Waals surface area contributed by atoms with Crippen LogP contribution in [0.4, 0.5) is 11.5 Å². The zero-order valence-corrected chi connectivity index (χ0v) is 15.7. The van der Waals surface area contributed by atoms with Gasteiger partial charge in [-0.3, -0.25) is 0 Å². The summed E-state index contributed by atoms with van der Waals surface area (Å²) in [6.45, 7) is 4.27. The maximum atomic E-state index is 5.22. The molecule has 130 valence electrons. The molecule has 0 saturated heterocycles. The Balaban J connectivity index is 1.79. The Hall–Kier alpha value is -2.92. The number of thiophene rings is 1. The molecule has 0 aliphatic heterocycles. The molecule has 4 nitrogen and oxygen atoms in total. The lowest BCUT2D eigenvalue weighted by Crippen LogP contribution is -1.96. The number of hydrogen-bond donors (Lipinski definition) is 1. The molecule has 0 aliphatic rings. The van der Waals surface area contributed by atoms with Gasteiger partial charge in [0.25, 0.3) is 0 Å². The second kappa shape index (κ2) is 6.77. The predicted molar refractivity (Wildman–Crippen MR) is 109 cm³/mol. The first-order valence-electron chi connectivity index (χ1n) is 8.36. The van der Waals surface area contributed by atoms with Crippen LogP contribution in [0, 0.1) is 13.8 Å². The van der Waals surface area contributed by atoms with Crippen molar-refractivity contribution in [2.45, 2.75) is 13.8 Å². The average molecular weight is 361 g/mol.